The standard InChI is InChI=1S/C38H21N3OS/c1-2-12-22(13-3-1)34-23-14-4-8-18-27(23)39-38(40-34)41-28-19-9-5-15-24(28)31-35(41)32-26-17-7-11-21-30(26)43-37(32)33-25-16-6-10-20-29(25)42-36(31)33/h1-21H. The van der Waals surface area contributed by atoms with Gasteiger partial charge in [-0.1, -0.05) is 103 Å². The Hall–Kier alpha value is -5.52. The van der Waals surface area contributed by atoms with Crippen molar-refractivity contribution in [1.29, 1.82) is 0 Å². The van der Waals surface area contributed by atoms with Gasteiger partial charge in [-0.25, -0.2) is 9.97 Å². The molecule has 10 rings (SSSR count). The first-order valence-electron chi connectivity index (χ1n) is 14.4. The third-order valence-electron chi connectivity index (χ3n) is 8.60. The molecule has 0 spiro atoms. The SMILES string of the molecule is c1ccc(-c2nc(-n3c4ccccc4c4c5oc6ccccc6c5c5sc6ccccc6c5c43)nc3ccccc23)cc1. The summed E-state index contributed by atoms with van der Waals surface area (Å²) in [5.74, 6) is 0.649. The van der Waals surface area contributed by atoms with Gasteiger partial charge in [-0.2, -0.15) is 0 Å². The molecule has 10 aromatic rings. The zero-order valence-electron chi connectivity index (χ0n) is 22.8. The van der Waals surface area contributed by atoms with Crippen LogP contribution in [-0.4, -0.2) is 14.5 Å². The molecule has 0 saturated heterocycles. The molecule has 5 heteroatoms. The van der Waals surface area contributed by atoms with Crippen LogP contribution in [0.5, 0.6) is 0 Å². The topological polar surface area (TPSA) is 43.9 Å². The van der Waals surface area contributed by atoms with E-state index in [9.17, 15) is 0 Å². The minimum absolute atomic E-state index is 0.649. The van der Waals surface area contributed by atoms with Gasteiger partial charge in [0.15, 0.2) is 0 Å². The molecular weight excluding hydrogens is 547 g/mol. The summed E-state index contributed by atoms with van der Waals surface area (Å²) in [6.07, 6.45) is 0. The van der Waals surface area contributed by atoms with Crippen LogP contribution in [0.2, 0.25) is 0 Å². The first-order valence-corrected chi connectivity index (χ1v) is 15.2. The van der Waals surface area contributed by atoms with E-state index in [0.29, 0.717) is 5.95 Å². The summed E-state index contributed by atoms with van der Waals surface area (Å²) in [4.78, 5) is 10.6. The molecule has 0 aliphatic rings. The molecule has 0 radical (unpaired) electrons. The van der Waals surface area contributed by atoms with Gasteiger partial charge in [0.2, 0.25) is 5.95 Å². The van der Waals surface area contributed by atoms with Crippen molar-refractivity contribution >= 4 is 86.2 Å². The van der Waals surface area contributed by atoms with Gasteiger partial charge >= 0.3 is 0 Å². The van der Waals surface area contributed by atoms with Gasteiger partial charge < -0.3 is 4.42 Å². The van der Waals surface area contributed by atoms with E-state index in [1.807, 2.05) is 29.5 Å². The molecule has 4 aromatic heterocycles. The van der Waals surface area contributed by atoms with E-state index in [2.05, 4.69) is 114 Å². The second kappa shape index (κ2) is 8.51. The molecule has 6 aromatic carbocycles. The first-order chi connectivity index (χ1) is 21.3. The Morgan fingerprint density at radius 2 is 1.26 bits per heavy atom. The number of nitrogens with zero attached hydrogens (tertiary/aromatic N) is 3. The maximum Gasteiger partial charge on any atom is 0.235 e. The van der Waals surface area contributed by atoms with E-state index in [1.165, 1.54) is 25.6 Å². The van der Waals surface area contributed by atoms with E-state index < -0.39 is 0 Å². The van der Waals surface area contributed by atoms with Crippen molar-refractivity contribution in [3.8, 4) is 17.2 Å². The lowest BCUT2D eigenvalue weighted by molar-refractivity contribution is 0.673. The molecule has 0 aliphatic carbocycles. The second-order valence-electron chi connectivity index (χ2n) is 10.9. The number of aromatic nitrogens is 3. The zero-order chi connectivity index (χ0) is 28.1. The lowest BCUT2D eigenvalue weighted by Gasteiger charge is -2.12. The molecule has 0 unspecified atom stereocenters. The van der Waals surface area contributed by atoms with E-state index in [-0.39, 0.29) is 0 Å². The molecule has 0 atom stereocenters. The van der Waals surface area contributed by atoms with Crippen LogP contribution in [0.4, 0.5) is 0 Å². The summed E-state index contributed by atoms with van der Waals surface area (Å²) in [6.45, 7) is 0. The van der Waals surface area contributed by atoms with Crippen molar-refractivity contribution in [1.82, 2.24) is 14.5 Å². The van der Waals surface area contributed by atoms with Crippen LogP contribution in [-0.2, 0) is 0 Å². The summed E-state index contributed by atoms with van der Waals surface area (Å²) < 4.78 is 11.5. The van der Waals surface area contributed by atoms with Gasteiger partial charge in [0.25, 0.3) is 0 Å². The third kappa shape index (κ3) is 3.09. The highest BCUT2D eigenvalue weighted by Gasteiger charge is 2.26. The highest BCUT2D eigenvalue weighted by atomic mass is 32.1. The second-order valence-corrected chi connectivity index (χ2v) is 12.0. The molecule has 43 heavy (non-hydrogen) atoms. The van der Waals surface area contributed by atoms with E-state index in [4.69, 9.17) is 14.4 Å². The van der Waals surface area contributed by atoms with Gasteiger partial charge in [0, 0.05) is 47.3 Å². The first kappa shape index (κ1) is 23.1. The Morgan fingerprint density at radius 1 is 0.558 bits per heavy atom. The number of hydrogen-bond donors (Lipinski definition) is 0. The van der Waals surface area contributed by atoms with Crippen molar-refractivity contribution < 1.29 is 4.42 Å². The molecule has 0 bridgehead atoms. The Bertz CT molecular complexity index is 2700. The van der Waals surface area contributed by atoms with Gasteiger partial charge in [0.1, 0.15) is 11.2 Å². The molecular formula is C38H21N3OS. The molecule has 200 valence electrons. The van der Waals surface area contributed by atoms with Crippen LogP contribution in [0.25, 0.3) is 92.0 Å². The van der Waals surface area contributed by atoms with Crippen LogP contribution in [0.1, 0.15) is 0 Å². The van der Waals surface area contributed by atoms with Crippen molar-refractivity contribution in [2.24, 2.45) is 0 Å². The molecule has 0 amide bonds. The maximum absolute atomic E-state index is 6.74. The number of furan rings is 1. The van der Waals surface area contributed by atoms with E-state index in [1.54, 1.807) is 0 Å². The minimum Gasteiger partial charge on any atom is -0.455 e. The summed E-state index contributed by atoms with van der Waals surface area (Å²) in [6, 6.07) is 44.3. The van der Waals surface area contributed by atoms with Gasteiger partial charge in [-0.3, -0.25) is 4.57 Å². The van der Waals surface area contributed by atoms with Crippen molar-refractivity contribution in [3.05, 3.63) is 127 Å². The predicted octanol–water partition coefficient (Wildman–Crippen LogP) is 10.7. The molecule has 0 saturated carbocycles. The van der Waals surface area contributed by atoms with Crippen molar-refractivity contribution in [2.45, 2.75) is 0 Å². The highest BCUT2D eigenvalue weighted by Crippen LogP contribution is 2.50. The summed E-state index contributed by atoms with van der Waals surface area (Å²) in [5.41, 5.74) is 6.83. The number of thiophene rings is 1. The molecule has 4 nitrogen and oxygen atoms in total. The number of para-hydroxylation sites is 3. The predicted molar refractivity (Wildman–Crippen MR) is 179 cm³/mol. The quantitative estimate of drug-likeness (QED) is 0.209. The highest BCUT2D eigenvalue weighted by molar-refractivity contribution is 7.27. The van der Waals surface area contributed by atoms with Gasteiger partial charge in [0.05, 0.1) is 27.6 Å². The number of rotatable bonds is 2. The zero-order valence-corrected chi connectivity index (χ0v) is 23.6. The monoisotopic (exact) mass is 567 g/mol. The van der Waals surface area contributed by atoms with E-state index >= 15 is 0 Å². The minimum atomic E-state index is 0.649. The van der Waals surface area contributed by atoms with Crippen molar-refractivity contribution in [3.63, 3.8) is 0 Å². The average Bonchev–Trinajstić information content (AvgIpc) is 3.74. The van der Waals surface area contributed by atoms with Crippen LogP contribution in [0.3, 0.4) is 0 Å². The Balaban J connectivity index is 1.49. The van der Waals surface area contributed by atoms with Crippen molar-refractivity contribution in [2.75, 3.05) is 0 Å². The fourth-order valence-corrected chi connectivity index (χ4v) is 8.06. The van der Waals surface area contributed by atoms with Crippen LogP contribution < -0.4 is 0 Å². The summed E-state index contributed by atoms with van der Waals surface area (Å²) in [7, 11) is 0. The van der Waals surface area contributed by atoms with Crippen LogP contribution in [0.15, 0.2) is 132 Å². The molecule has 4 heterocycles. The van der Waals surface area contributed by atoms with Crippen LogP contribution in [0, 0.1) is 0 Å². The average molecular weight is 568 g/mol. The van der Waals surface area contributed by atoms with E-state index in [0.717, 1.165) is 60.5 Å². The maximum atomic E-state index is 6.74. The fraction of sp³-hybridized carbons (Fsp3) is 0. The number of benzene rings is 6. The fourth-order valence-electron chi connectivity index (χ4n) is 6.80. The Morgan fingerprint density at radius 3 is 2.14 bits per heavy atom. The smallest absolute Gasteiger partial charge is 0.235 e. The number of hydrogen-bond acceptors (Lipinski definition) is 4. The summed E-state index contributed by atoms with van der Waals surface area (Å²) >= 11 is 1.83. The largest absolute Gasteiger partial charge is 0.455 e. The Kier molecular flexibility index (Phi) is 4.57. The molecule has 0 aliphatic heterocycles. The molecule has 0 N–H and O–H groups in total. The van der Waals surface area contributed by atoms with Gasteiger partial charge in [-0.05, 0) is 24.3 Å². The van der Waals surface area contributed by atoms with Crippen LogP contribution >= 0.6 is 11.3 Å². The lowest BCUT2D eigenvalue weighted by Crippen LogP contribution is -2.03. The van der Waals surface area contributed by atoms with Gasteiger partial charge in [-0.15, -0.1) is 11.3 Å². The third-order valence-corrected chi connectivity index (χ3v) is 9.78. The Labute approximate surface area is 249 Å². The normalized spacial score (nSPS) is 12.2. The molecule has 0 fully saturated rings. The summed E-state index contributed by atoms with van der Waals surface area (Å²) in [5, 5.41) is 8.00. The lowest BCUT2D eigenvalue weighted by atomic mass is 10.0. The number of fused-ring (bicyclic) bond motifs is 13.